The van der Waals surface area contributed by atoms with Gasteiger partial charge in [0.15, 0.2) is 6.10 Å². The number of aliphatic carboxylic acids is 1. The van der Waals surface area contributed by atoms with Crippen LogP contribution in [0.1, 0.15) is 31.9 Å². The van der Waals surface area contributed by atoms with E-state index >= 15 is 0 Å². The zero-order valence-electron chi connectivity index (χ0n) is 14.0. The molecule has 0 aliphatic carbocycles. The van der Waals surface area contributed by atoms with E-state index in [4.69, 9.17) is 9.47 Å². The van der Waals surface area contributed by atoms with E-state index in [0.717, 1.165) is 0 Å². The minimum Gasteiger partial charge on any atom is -0.480 e. The summed E-state index contributed by atoms with van der Waals surface area (Å²) in [7, 11) is 1.37. The molecule has 0 aliphatic heterocycles. The second-order valence-corrected chi connectivity index (χ2v) is 5.31. The van der Waals surface area contributed by atoms with Crippen molar-refractivity contribution in [3.8, 4) is 0 Å². The van der Waals surface area contributed by atoms with Gasteiger partial charge in [-0.15, -0.1) is 0 Å². The van der Waals surface area contributed by atoms with Crippen LogP contribution in [0.25, 0.3) is 0 Å². The number of rotatable bonds is 9. The number of methoxy groups -OCH3 is 1. The summed E-state index contributed by atoms with van der Waals surface area (Å²) < 4.78 is 10.0. The fourth-order valence-electron chi connectivity index (χ4n) is 2.23. The van der Waals surface area contributed by atoms with Gasteiger partial charge in [-0.3, -0.25) is 9.59 Å². The standard InChI is InChI=1S/C17H23NO6/c1-4-24-17(22)11(2)10-13(16(20)21)18-15(19)14(23-3)12-8-6-5-7-9-12/h5-9,11,13-14H,4,10H2,1-3H3,(H,18,19)(H,20,21)/t11-,13-,14+/m1/s1. The van der Waals surface area contributed by atoms with Crippen LogP contribution in [0.2, 0.25) is 0 Å². The number of amides is 1. The first-order valence-corrected chi connectivity index (χ1v) is 7.68. The Balaban J connectivity index is 2.78. The lowest BCUT2D eigenvalue weighted by atomic mass is 10.0. The van der Waals surface area contributed by atoms with Crippen molar-refractivity contribution in [2.75, 3.05) is 13.7 Å². The lowest BCUT2D eigenvalue weighted by Gasteiger charge is -2.21. The van der Waals surface area contributed by atoms with Gasteiger partial charge in [0.05, 0.1) is 12.5 Å². The predicted octanol–water partition coefficient (Wildman–Crippen LogP) is 1.53. The van der Waals surface area contributed by atoms with E-state index in [1.807, 2.05) is 0 Å². The maximum Gasteiger partial charge on any atom is 0.326 e. The molecule has 0 aliphatic rings. The van der Waals surface area contributed by atoms with Crippen LogP contribution in [0.3, 0.4) is 0 Å². The molecule has 3 atom stereocenters. The molecule has 0 saturated heterocycles. The van der Waals surface area contributed by atoms with Gasteiger partial charge < -0.3 is 19.9 Å². The SMILES string of the molecule is CCOC(=O)[C@H](C)C[C@@H](NC(=O)[C@@H](OC)c1ccccc1)C(=O)O. The van der Waals surface area contributed by atoms with Gasteiger partial charge in [-0.2, -0.15) is 0 Å². The second kappa shape index (κ2) is 9.67. The fourth-order valence-corrected chi connectivity index (χ4v) is 2.23. The molecule has 0 aromatic heterocycles. The Hall–Kier alpha value is -2.41. The van der Waals surface area contributed by atoms with E-state index in [1.165, 1.54) is 7.11 Å². The molecule has 0 saturated carbocycles. The Morgan fingerprint density at radius 3 is 2.33 bits per heavy atom. The highest BCUT2D eigenvalue weighted by molar-refractivity contribution is 5.87. The summed E-state index contributed by atoms with van der Waals surface area (Å²) in [6.45, 7) is 3.45. The van der Waals surface area contributed by atoms with Crippen molar-refractivity contribution in [3.63, 3.8) is 0 Å². The first-order valence-electron chi connectivity index (χ1n) is 7.68. The Labute approximate surface area is 141 Å². The molecule has 0 unspecified atom stereocenters. The van der Waals surface area contributed by atoms with Gasteiger partial charge in [-0.1, -0.05) is 37.3 Å². The smallest absolute Gasteiger partial charge is 0.326 e. The van der Waals surface area contributed by atoms with Gasteiger partial charge in [0.25, 0.3) is 5.91 Å². The third-order valence-corrected chi connectivity index (χ3v) is 3.47. The molecule has 1 rings (SSSR count). The van der Waals surface area contributed by atoms with Crippen LogP contribution in [-0.2, 0) is 23.9 Å². The van der Waals surface area contributed by atoms with E-state index < -0.39 is 35.9 Å². The summed E-state index contributed by atoms with van der Waals surface area (Å²) in [6.07, 6.45) is -0.989. The molecule has 0 spiro atoms. The number of ether oxygens (including phenoxy) is 2. The van der Waals surface area contributed by atoms with Gasteiger partial charge in [0, 0.05) is 7.11 Å². The van der Waals surface area contributed by atoms with Crippen molar-refractivity contribution in [1.29, 1.82) is 0 Å². The number of hydrogen-bond acceptors (Lipinski definition) is 5. The van der Waals surface area contributed by atoms with Crippen LogP contribution in [0.5, 0.6) is 0 Å². The molecule has 7 heteroatoms. The second-order valence-electron chi connectivity index (χ2n) is 5.31. The van der Waals surface area contributed by atoms with Crippen molar-refractivity contribution >= 4 is 17.8 Å². The molecular formula is C17H23NO6. The van der Waals surface area contributed by atoms with Gasteiger partial charge in [0.1, 0.15) is 6.04 Å². The van der Waals surface area contributed by atoms with E-state index in [-0.39, 0.29) is 13.0 Å². The van der Waals surface area contributed by atoms with Gasteiger partial charge in [-0.05, 0) is 18.9 Å². The predicted molar refractivity (Wildman–Crippen MR) is 86.2 cm³/mol. The fraction of sp³-hybridized carbons (Fsp3) is 0.471. The van der Waals surface area contributed by atoms with Gasteiger partial charge in [0.2, 0.25) is 0 Å². The molecule has 7 nitrogen and oxygen atoms in total. The average molecular weight is 337 g/mol. The molecule has 24 heavy (non-hydrogen) atoms. The van der Waals surface area contributed by atoms with Crippen molar-refractivity contribution in [2.45, 2.75) is 32.4 Å². The summed E-state index contributed by atoms with van der Waals surface area (Å²) in [6, 6.07) is 7.53. The van der Waals surface area contributed by atoms with E-state index in [9.17, 15) is 19.5 Å². The Kier molecular flexibility index (Phi) is 7.91. The first-order chi connectivity index (χ1) is 11.4. The molecule has 132 valence electrons. The lowest BCUT2D eigenvalue weighted by molar-refractivity contribution is -0.150. The molecule has 1 aromatic rings. The zero-order valence-corrected chi connectivity index (χ0v) is 14.0. The summed E-state index contributed by atoms with van der Waals surface area (Å²) in [5.74, 6) is -2.94. The van der Waals surface area contributed by atoms with Crippen molar-refractivity contribution in [2.24, 2.45) is 5.92 Å². The largest absolute Gasteiger partial charge is 0.480 e. The van der Waals surface area contributed by atoms with Crippen LogP contribution in [0.15, 0.2) is 30.3 Å². The number of hydrogen-bond donors (Lipinski definition) is 2. The van der Waals surface area contributed by atoms with Crippen LogP contribution in [-0.4, -0.2) is 42.7 Å². The summed E-state index contributed by atoms with van der Waals surface area (Å²) in [5.41, 5.74) is 0.611. The number of carboxylic acids is 1. The third kappa shape index (κ3) is 5.66. The number of carboxylic acid groups (broad SMARTS) is 1. The number of nitrogens with one attached hydrogen (secondary N) is 1. The molecule has 2 N–H and O–H groups in total. The maximum atomic E-state index is 12.4. The van der Waals surface area contributed by atoms with E-state index in [1.54, 1.807) is 44.2 Å². The summed E-state index contributed by atoms with van der Waals surface area (Å²) >= 11 is 0. The minimum absolute atomic E-state index is 0.0644. The minimum atomic E-state index is -1.22. The Bertz CT molecular complexity index is 559. The molecule has 0 radical (unpaired) electrons. The van der Waals surface area contributed by atoms with Crippen molar-refractivity contribution < 1.29 is 29.0 Å². The number of benzene rings is 1. The molecule has 0 heterocycles. The van der Waals surface area contributed by atoms with E-state index in [2.05, 4.69) is 5.32 Å². The topological polar surface area (TPSA) is 102 Å². The average Bonchev–Trinajstić information content (AvgIpc) is 2.55. The highest BCUT2D eigenvalue weighted by Crippen LogP contribution is 2.17. The normalized spacial score (nSPS) is 14.3. The monoisotopic (exact) mass is 337 g/mol. The van der Waals surface area contributed by atoms with Crippen LogP contribution >= 0.6 is 0 Å². The Morgan fingerprint density at radius 2 is 1.83 bits per heavy atom. The summed E-state index contributed by atoms with van der Waals surface area (Å²) in [5, 5.41) is 11.7. The van der Waals surface area contributed by atoms with Gasteiger partial charge >= 0.3 is 11.9 Å². The highest BCUT2D eigenvalue weighted by Gasteiger charge is 2.29. The molecule has 1 aromatic carbocycles. The lowest BCUT2D eigenvalue weighted by Crippen LogP contribution is -2.45. The molecule has 0 fully saturated rings. The number of carbonyl (C=O) groups excluding carboxylic acids is 2. The first kappa shape index (κ1) is 19.6. The van der Waals surface area contributed by atoms with Crippen molar-refractivity contribution in [1.82, 2.24) is 5.32 Å². The molecule has 0 bridgehead atoms. The third-order valence-electron chi connectivity index (χ3n) is 3.47. The summed E-state index contributed by atoms with van der Waals surface area (Å²) in [4.78, 5) is 35.4. The van der Waals surface area contributed by atoms with Crippen LogP contribution in [0, 0.1) is 5.92 Å². The van der Waals surface area contributed by atoms with Crippen LogP contribution < -0.4 is 5.32 Å². The quantitative estimate of drug-likeness (QED) is 0.663. The van der Waals surface area contributed by atoms with Crippen LogP contribution in [0.4, 0.5) is 0 Å². The molecule has 1 amide bonds. The zero-order chi connectivity index (χ0) is 18.1. The number of esters is 1. The van der Waals surface area contributed by atoms with Gasteiger partial charge in [-0.25, -0.2) is 4.79 Å². The number of carbonyl (C=O) groups is 3. The van der Waals surface area contributed by atoms with Crippen molar-refractivity contribution in [3.05, 3.63) is 35.9 Å². The molecular weight excluding hydrogens is 314 g/mol. The Morgan fingerprint density at radius 1 is 1.21 bits per heavy atom. The maximum absolute atomic E-state index is 12.4. The highest BCUT2D eigenvalue weighted by atomic mass is 16.5. The van der Waals surface area contributed by atoms with E-state index in [0.29, 0.717) is 5.56 Å².